The van der Waals surface area contributed by atoms with Gasteiger partial charge in [-0.1, -0.05) is 190 Å². The highest BCUT2D eigenvalue weighted by molar-refractivity contribution is 5.75. The van der Waals surface area contributed by atoms with Crippen LogP contribution in [0.2, 0.25) is 0 Å². The average Bonchev–Trinajstić information content (AvgIpc) is 3.16. The van der Waals surface area contributed by atoms with Gasteiger partial charge in [0.05, 0.1) is 0 Å². The Labute approximate surface area is 318 Å². The maximum Gasteiger partial charge on any atom is 0.0390 e. The van der Waals surface area contributed by atoms with Gasteiger partial charge in [0.15, 0.2) is 0 Å². The molecule has 2 unspecified atom stereocenters. The molecule has 4 rings (SSSR count). The summed E-state index contributed by atoms with van der Waals surface area (Å²) in [7, 11) is 0. The Hall–Kier alpha value is -3.84. The largest absolute Gasteiger partial charge is 0.398 e. The summed E-state index contributed by atoms with van der Waals surface area (Å²) < 4.78 is 0. The van der Waals surface area contributed by atoms with Gasteiger partial charge < -0.3 is 5.73 Å². The smallest absolute Gasteiger partial charge is 0.0390 e. The summed E-state index contributed by atoms with van der Waals surface area (Å²) in [4.78, 5) is 0. The number of nitrogens with two attached hydrogens (primary N) is 1. The van der Waals surface area contributed by atoms with Crippen molar-refractivity contribution >= 4 is 5.70 Å². The van der Waals surface area contributed by atoms with Crippen molar-refractivity contribution in [2.75, 3.05) is 0 Å². The molecule has 4 aromatic rings. The van der Waals surface area contributed by atoms with Crippen LogP contribution in [0.4, 0.5) is 0 Å². The molecule has 0 aliphatic carbocycles. The predicted molar refractivity (Wildman–Crippen MR) is 231 cm³/mol. The Morgan fingerprint density at radius 1 is 0.558 bits per heavy atom. The quantitative estimate of drug-likeness (QED) is 0.0643. The molecule has 0 radical (unpaired) electrons. The number of hydrogen-bond acceptors (Lipinski definition) is 1. The van der Waals surface area contributed by atoms with E-state index in [-0.39, 0.29) is 0 Å². The maximum absolute atomic E-state index is 6.58. The van der Waals surface area contributed by atoms with Gasteiger partial charge in [0.1, 0.15) is 0 Å². The minimum absolute atomic E-state index is 0.773. The lowest BCUT2D eigenvalue weighted by Gasteiger charge is -2.17. The SMILES string of the molecule is CC/C=C\C=C(/N)c1cc(Cc2cc(-c3ccc(CC(CC)CCCCC)cc3)cc(-c3ccc(CC(CCC)CCCCC)cc3)c2)ccc1C. The topological polar surface area (TPSA) is 26.0 Å². The molecule has 1 heteroatoms. The van der Waals surface area contributed by atoms with E-state index in [1.807, 2.05) is 6.08 Å². The van der Waals surface area contributed by atoms with E-state index < -0.39 is 0 Å². The van der Waals surface area contributed by atoms with Crippen LogP contribution in [0.5, 0.6) is 0 Å². The zero-order chi connectivity index (χ0) is 37.1. The van der Waals surface area contributed by atoms with E-state index in [4.69, 9.17) is 5.73 Å². The summed E-state index contributed by atoms with van der Waals surface area (Å²) in [5.74, 6) is 1.56. The van der Waals surface area contributed by atoms with E-state index in [0.29, 0.717) is 0 Å². The third kappa shape index (κ3) is 13.0. The van der Waals surface area contributed by atoms with Crippen molar-refractivity contribution in [2.45, 2.75) is 138 Å². The Balaban J connectivity index is 1.65. The van der Waals surface area contributed by atoms with Gasteiger partial charge in [-0.2, -0.15) is 0 Å². The molecule has 2 N–H and O–H groups in total. The highest BCUT2D eigenvalue weighted by atomic mass is 14.6. The van der Waals surface area contributed by atoms with Gasteiger partial charge in [-0.15, -0.1) is 0 Å². The van der Waals surface area contributed by atoms with Crippen LogP contribution in [-0.2, 0) is 19.3 Å². The van der Waals surface area contributed by atoms with Crippen LogP contribution in [0, 0.1) is 18.8 Å². The normalized spacial score (nSPS) is 13.2. The average molecular weight is 696 g/mol. The molecule has 2 atom stereocenters. The van der Waals surface area contributed by atoms with E-state index >= 15 is 0 Å². The molecule has 0 fully saturated rings. The third-order valence-corrected chi connectivity index (χ3v) is 11.0. The van der Waals surface area contributed by atoms with Crippen LogP contribution in [-0.4, -0.2) is 0 Å². The van der Waals surface area contributed by atoms with Gasteiger partial charge in [-0.05, 0) is 113 Å². The number of rotatable bonds is 22. The van der Waals surface area contributed by atoms with Crippen molar-refractivity contribution in [1.82, 2.24) is 0 Å². The van der Waals surface area contributed by atoms with E-state index in [1.54, 1.807) is 0 Å². The molecule has 0 saturated carbocycles. The van der Waals surface area contributed by atoms with Crippen LogP contribution < -0.4 is 5.73 Å². The summed E-state index contributed by atoms with van der Waals surface area (Å²) in [6.07, 6.45) is 25.0. The summed E-state index contributed by atoms with van der Waals surface area (Å²) >= 11 is 0. The molecule has 0 heterocycles. The maximum atomic E-state index is 6.58. The first-order valence-corrected chi connectivity index (χ1v) is 20.9. The van der Waals surface area contributed by atoms with Gasteiger partial charge in [0.2, 0.25) is 0 Å². The van der Waals surface area contributed by atoms with Crippen molar-refractivity contribution in [3.8, 4) is 22.3 Å². The Morgan fingerprint density at radius 3 is 1.65 bits per heavy atom. The molecule has 52 heavy (non-hydrogen) atoms. The molecule has 0 aliphatic heterocycles. The Kier molecular flexibility index (Phi) is 17.5. The summed E-state index contributed by atoms with van der Waals surface area (Å²) in [5.41, 5.74) is 20.4. The summed E-state index contributed by atoms with van der Waals surface area (Å²) in [5, 5.41) is 0. The van der Waals surface area contributed by atoms with Gasteiger partial charge in [-0.3, -0.25) is 0 Å². The monoisotopic (exact) mass is 696 g/mol. The molecule has 0 amide bonds. The van der Waals surface area contributed by atoms with Crippen molar-refractivity contribution in [3.05, 3.63) is 137 Å². The third-order valence-electron chi connectivity index (χ3n) is 11.0. The van der Waals surface area contributed by atoms with Gasteiger partial charge in [-0.25, -0.2) is 0 Å². The van der Waals surface area contributed by atoms with Crippen LogP contribution in [0.1, 0.15) is 145 Å². The van der Waals surface area contributed by atoms with Crippen molar-refractivity contribution in [2.24, 2.45) is 17.6 Å². The number of benzene rings is 4. The van der Waals surface area contributed by atoms with E-state index in [2.05, 4.69) is 139 Å². The fraction of sp³-hybridized carbons (Fsp3) is 0.451. The first kappa shape index (κ1) is 40.9. The highest BCUT2D eigenvalue weighted by Gasteiger charge is 2.13. The second kappa shape index (κ2) is 22.3. The standard InChI is InChI=1S/C51H69N/c1-7-12-15-19-40(11-5)32-42-24-28-46(29-25-42)48-35-45(34-44-23-22-39(6)50(37-44)51(52)21-17-14-9-3)36-49(38-48)47-30-26-43(27-31-47)33-41(18-10-4)20-16-13-8-2/h14,17,21-31,35-38,40-41H,7-13,15-16,18-20,32-34,52H2,1-6H3/b17-14-,51-21-. The zero-order valence-electron chi connectivity index (χ0n) is 33.7. The molecule has 0 bridgehead atoms. The number of hydrogen-bond donors (Lipinski definition) is 1. The fourth-order valence-corrected chi connectivity index (χ4v) is 7.76. The van der Waals surface area contributed by atoms with E-state index in [9.17, 15) is 0 Å². The Bertz CT molecular complexity index is 1670. The van der Waals surface area contributed by atoms with Crippen molar-refractivity contribution in [1.29, 1.82) is 0 Å². The number of unbranched alkanes of at least 4 members (excludes halogenated alkanes) is 4. The molecular weight excluding hydrogens is 627 g/mol. The molecule has 0 aliphatic rings. The molecular formula is C51H69N. The fourth-order valence-electron chi connectivity index (χ4n) is 7.76. The Morgan fingerprint density at radius 2 is 1.12 bits per heavy atom. The lowest BCUT2D eigenvalue weighted by Crippen LogP contribution is -2.04. The number of allylic oxidation sites excluding steroid dienone is 3. The van der Waals surface area contributed by atoms with Crippen molar-refractivity contribution < 1.29 is 0 Å². The molecule has 278 valence electrons. The van der Waals surface area contributed by atoms with E-state index in [0.717, 1.165) is 35.9 Å². The van der Waals surface area contributed by atoms with Gasteiger partial charge >= 0.3 is 0 Å². The molecule has 0 aromatic heterocycles. The molecule has 0 spiro atoms. The minimum Gasteiger partial charge on any atom is -0.398 e. The lowest BCUT2D eigenvalue weighted by molar-refractivity contribution is 0.422. The highest BCUT2D eigenvalue weighted by Crippen LogP contribution is 2.32. The minimum atomic E-state index is 0.773. The van der Waals surface area contributed by atoms with Crippen LogP contribution in [0.3, 0.4) is 0 Å². The lowest BCUT2D eigenvalue weighted by atomic mass is 9.88. The second-order valence-corrected chi connectivity index (χ2v) is 15.4. The summed E-state index contributed by atoms with van der Waals surface area (Å²) in [6, 6.07) is 32.9. The first-order valence-electron chi connectivity index (χ1n) is 20.9. The first-order chi connectivity index (χ1) is 25.4. The predicted octanol–water partition coefficient (Wildman–Crippen LogP) is 14.9. The van der Waals surface area contributed by atoms with Crippen molar-refractivity contribution in [3.63, 3.8) is 0 Å². The van der Waals surface area contributed by atoms with E-state index in [1.165, 1.54) is 134 Å². The molecule has 1 nitrogen and oxygen atoms in total. The van der Waals surface area contributed by atoms with Crippen LogP contribution in [0.15, 0.2) is 103 Å². The number of aryl methyl sites for hydroxylation is 1. The molecule has 0 saturated heterocycles. The van der Waals surface area contributed by atoms with Gasteiger partial charge in [0.25, 0.3) is 0 Å². The summed E-state index contributed by atoms with van der Waals surface area (Å²) in [6.45, 7) is 13.6. The van der Waals surface area contributed by atoms with Crippen LogP contribution >= 0.6 is 0 Å². The second-order valence-electron chi connectivity index (χ2n) is 15.4. The zero-order valence-corrected chi connectivity index (χ0v) is 33.7. The molecule has 4 aromatic carbocycles. The van der Waals surface area contributed by atoms with Crippen LogP contribution in [0.25, 0.3) is 28.0 Å². The van der Waals surface area contributed by atoms with Gasteiger partial charge in [0, 0.05) is 11.3 Å².